The molecular formula is C26H27N5O. The van der Waals surface area contributed by atoms with Crippen molar-refractivity contribution in [1.29, 1.82) is 0 Å². The molecule has 1 saturated heterocycles. The molecule has 0 radical (unpaired) electrons. The molecule has 0 atom stereocenters. The maximum atomic E-state index is 13.0. The van der Waals surface area contributed by atoms with Gasteiger partial charge < -0.3 is 15.2 Å². The molecule has 5 rings (SSSR count). The molecule has 1 fully saturated rings. The molecule has 6 heteroatoms. The Morgan fingerprint density at radius 1 is 1.12 bits per heavy atom. The number of pyridine rings is 1. The minimum atomic E-state index is -0.0908. The van der Waals surface area contributed by atoms with Crippen molar-refractivity contribution in [3.05, 3.63) is 93.4 Å². The van der Waals surface area contributed by atoms with Crippen LogP contribution in [-0.4, -0.2) is 40.0 Å². The number of benzene rings is 1. The molecule has 1 aromatic carbocycles. The zero-order valence-corrected chi connectivity index (χ0v) is 18.4. The molecule has 1 aliphatic carbocycles. The highest BCUT2D eigenvalue weighted by Crippen LogP contribution is 2.36. The van der Waals surface area contributed by atoms with Crippen molar-refractivity contribution < 1.29 is 0 Å². The Morgan fingerprint density at radius 2 is 1.88 bits per heavy atom. The van der Waals surface area contributed by atoms with Crippen molar-refractivity contribution in [3.8, 4) is 0 Å². The highest BCUT2D eigenvalue weighted by atomic mass is 16.1. The molecule has 3 heterocycles. The normalized spacial score (nSPS) is 16.8. The number of likely N-dealkylation sites (N-methyl/N-ethyl adjacent to an activating group) is 1. The first kappa shape index (κ1) is 20.4. The lowest BCUT2D eigenvalue weighted by Gasteiger charge is -2.36. The summed E-state index contributed by atoms with van der Waals surface area (Å²) < 4.78 is 0. The monoisotopic (exact) mass is 425 g/mol. The number of rotatable bonds is 5. The van der Waals surface area contributed by atoms with Crippen molar-refractivity contribution in [2.45, 2.75) is 25.7 Å². The third kappa shape index (κ3) is 3.89. The number of allylic oxidation sites excluding steroid dienone is 2. The van der Waals surface area contributed by atoms with E-state index in [9.17, 15) is 4.79 Å². The van der Waals surface area contributed by atoms with Gasteiger partial charge in [-0.25, -0.2) is 9.97 Å². The van der Waals surface area contributed by atoms with Crippen LogP contribution in [0.4, 0.5) is 5.69 Å². The fourth-order valence-corrected chi connectivity index (χ4v) is 4.60. The van der Waals surface area contributed by atoms with Crippen LogP contribution in [0.15, 0.2) is 65.6 Å². The highest BCUT2D eigenvalue weighted by Gasteiger charge is 2.25. The standard InChI is InChI=1S/C26H27N5O/c1-3-17-10-20(21-12-27-16-28-13-21)11-19-8-9-29-26(32)24(19)25(17)30-23-6-4-18(5-7-23)22-14-31(2)15-22/h4-9,11-13,16,22,30H,3,10,14-15H2,1-2H3,(H,29,32). The van der Waals surface area contributed by atoms with Crippen LogP contribution in [0.3, 0.4) is 0 Å². The first-order valence-electron chi connectivity index (χ1n) is 11.1. The summed E-state index contributed by atoms with van der Waals surface area (Å²) in [6.45, 7) is 4.35. The summed E-state index contributed by atoms with van der Waals surface area (Å²) in [5.74, 6) is 0.612. The number of fused-ring (bicyclic) bond motifs is 1. The SMILES string of the molecule is CCC1=C(Nc2ccc(C3CN(C)C3)cc2)c2c(cc[nH]c2=O)C=C(c2cncnc2)C1. The van der Waals surface area contributed by atoms with E-state index in [2.05, 4.69) is 69.5 Å². The third-order valence-electron chi connectivity index (χ3n) is 6.40. The first-order chi connectivity index (χ1) is 15.6. The van der Waals surface area contributed by atoms with Gasteiger partial charge in [-0.05, 0) is 66.4 Å². The largest absolute Gasteiger partial charge is 0.355 e. The zero-order chi connectivity index (χ0) is 22.1. The maximum absolute atomic E-state index is 13.0. The van der Waals surface area contributed by atoms with E-state index in [0.717, 1.165) is 54.0 Å². The van der Waals surface area contributed by atoms with E-state index in [4.69, 9.17) is 0 Å². The van der Waals surface area contributed by atoms with Gasteiger partial charge in [0.15, 0.2) is 0 Å². The van der Waals surface area contributed by atoms with Crippen molar-refractivity contribution in [1.82, 2.24) is 19.9 Å². The van der Waals surface area contributed by atoms with E-state index >= 15 is 0 Å². The second-order valence-electron chi connectivity index (χ2n) is 8.61. The molecule has 0 spiro atoms. The summed E-state index contributed by atoms with van der Waals surface area (Å²) >= 11 is 0. The van der Waals surface area contributed by atoms with E-state index in [1.807, 2.05) is 18.5 Å². The molecule has 2 N–H and O–H groups in total. The summed E-state index contributed by atoms with van der Waals surface area (Å²) in [5, 5.41) is 3.59. The first-order valence-corrected chi connectivity index (χ1v) is 11.1. The van der Waals surface area contributed by atoms with Crippen LogP contribution in [0, 0.1) is 0 Å². The lowest BCUT2D eigenvalue weighted by molar-refractivity contribution is 0.190. The molecule has 2 aromatic heterocycles. The summed E-state index contributed by atoms with van der Waals surface area (Å²) in [4.78, 5) is 26.5. The molecule has 0 unspecified atom stereocenters. The van der Waals surface area contributed by atoms with Gasteiger partial charge in [-0.15, -0.1) is 0 Å². The maximum Gasteiger partial charge on any atom is 0.257 e. The fraction of sp³-hybridized carbons (Fsp3) is 0.269. The number of aromatic amines is 1. The van der Waals surface area contributed by atoms with Gasteiger partial charge in [0.2, 0.25) is 0 Å². The Kier molecular flexibility index (Phi) is 5.45. The molecular weight excluding hydrogens is 398 g/mol. The van der Waals surface area contributed by atoms with Crippen molar-refractivity contribution >= 4 is 23.0 Å². The Morgan fingerprint density at radius 3 is 2.56 bits per heavy atom. The van der Waals surface area contributed by atoms with Crippen LogP contribution >= 0.6 is 0 Å². The number of hydrogen-bond acceptors (Lipinski definition) is 5. The minimum Gasteiger partial charge on any atom is -0.355 e. The smallest absolute Gasteiger partial charge is 0.257 e. The molecule has 32 heavy (non-hydrogen) atoms. The number of nitrogens with zero attached hydrogens (tertiary/aromatic N) is 3. The summed E-state index contributed by atoms with van der Waals surface area (Å²) in [5.41, 5.74) is 7.99. The molecule has 2 aliphatic rings. The van der Waals surface area contributed by atoms with Gasteiger partial charge in [-0.2, -0.15) is 0 Å². The molecule has 0 amide bonds. The number of likely N-dealkylation sites (tertiary alicyclic amines) is 1. The number of H-pyrrole nitrogens is 1. The average molecular weight is 426 g/mol. The molecule has 3 aromatic rings. The van der Waals surface area contributed by atoms with E-state index in [-0.39, 0.29) is 5.56 Å². The van der Waals surface area contributed by atoms with Crippen LogP contribution in [-0.2, 0) is 0 Å². The van der Waals surface area contributed by atoms with Crippen LogP contribution in [0.5, 0.6) is 0 Å². The number of nitrogens with one attached hydrogen (secondary N) is 2. The van der Waals surface area contributed by atoms with Gasteiger partial charge in [-0.3, -0.25) is 4.79 Å². The predicted octanol–water partition coefficient (Wildman–Crippen LogP) is 4.37. The molecule has 0 bridgehead atoms. The predicted molar refractivity (Wildman–Crippen MR) is 129 cm³/mol. The third-order valence-corrected chi connectivity index (χ3v) is 6.40. The topological polar surface area (TPSA) is 73.9 Å². The molecule has 6 nitrogen and oxygen atoms in total. The van der Waals surface area contributed by atoms with Crippen molar-refractivity contribution in [3.63, 3.8) is 0 Å². The summed E-state index contributed by atoms with van der Waals surface area (Å²) in [6, 6.07) is 10.6. The zero-order valence-electron chi connectivity index (χ0n) is 18.4. The second kappa shape index (κ2) is 8.55. The second-order valence-corrected chi connectivity index (χ2v) is 8.61. The van der Waals surface area contributed by atoms with E-state index < -0.39 is 0 Å². The number of anilines is 1. The van der Waals surface area contributed by atoms with E-state index in [1.165, 1.54) is 17.5 Å². The Labute approximate surface area is 187 Å². The van der Waals surface area contributed by atoms with Gasteiger partial charge in [-0.1, -0.05) is 19.1 Å². The Balaban J connectivity index is 1.54. The van der Waals surface area contributed by atoms with E-state index in [0.29, 0.717) is 11.5 Å². The van der Waals surface area contributed by atoms with Crippen LogP contribution in [0.2, 0.25) is 0 Å². The Bertz CT molecular complexity index is 1240. The average Bonchev–Trinajstić information content (AvgIpc) is 2.96. The minimum absolute atomic E-state index is 0.0908. The van der Waals surface area contributed by atoms with Crippen LogP contribution in [0.25, 0.3) is 17.3 Å². The van der Waals surface area contributed by atoms with Crippen molar-refractivity contribution in [2.24, 2.45) is 0 Å². The van der Waals surface area contributed by atoms with Crippen LogP contribution in [0.1, 0.15) is 47.9 Å². The van der Waals surface area contributed by atoms with Gasteiger partial charge >= 0.3 is 0 Å². The summed E-state index contributed by atoms with van der Waals surface area (Å²) in [6.07, 6.45) is 10.5. The lowest BCUT2D eigenvalue weighted by atomic mass is 9.92. The lowest BCUT2D eigenvalue weighted by Crippen LogP contribution is -2.41. The molecule has 1 aliphatic heterocycles. The number of hydrogen-bond donors (Lipinski definition) is 2. The van der Waals surface area contributed by atoms with Gasteiger partial charge in [0.05, 0.1) is 11.3 Å². The Hall–Kier alpha value is -3.51. The highest BCUT2D eigenvalue weighted by molar-refractivity contribution is 5.93. The fourth-order valence-electron chi connectivity index (χ4n) is 4.60. The van der Waals surface area contributed by atoms with E-state index in [1.54, 1.807) is 6.20 Å². The van der Waals surface area contributed by atoms with Crippen molar-refractivity contribution in [2.75, 3.05) is 25.5 Å². The van der Waals surface area contributed by atoms with Gasteiger partial charge in [0.25, 0.3) is 5.56 Å². The van der Waals surface area contributed by atoms with Crippen LogP contribution < -0.4 is 10.9 Å². The molecule has 162 valence electrons. The summed E-state index contributed by atoms with van der Waals surface area (Å²) in [7, 11) is 2.15. The van der Waals surface area contributed by atoms with Gasteiger partial charge in [0.1, 0.15) is 6.33 Å². The van der Waals surface area contributed by atoms with Gasteiger partial charge in [0, 0.05) is 48.8 Å². The molecule has 0 saturated carbocycles. The number of aromatic nitrogens is 3. The quantitative estimate of drug-likeness (QED) is 0.635.